The second kappa shape index (κ2) is 5.45. The molecule has 1 rings (SSSR count). The first-order valence-corrected chi connectivity index (χ1v) is 4.59. The van der Waals surface area contributed by atoms with Crippen molar-refractivity contribution in [3.63, 3.8) is 0 Å². The fraction of sp³-hybridized carbons (Fsp3) is 0.889. The Kier molecular flexibility index (Phi) is 5.33. The third kappa shape index (κ3) is 3.53. The van der Waals surface area contributed by atoms with Crippen molar-refractivity contribution >= 4 is 18.4 Å². The molecule has 0 aromatic rings. The predicted octanol–water partition coefficient (Wildman–Crippen LogP) is 1.65. The summed E-state index contributed by atoms with van der Waals surface area (Å²) < 4.78 is 0. The molecule has 1 saturated carbocycles. The molecule has 3 nitrogen and oxygen atoms in total. The van der Waals surface area contributed by atoms with Crippen molar-refractivity contribution < 1.29 is 9.90 Å². The first-order chi connectivity index (χ1) is 5.61. The summed E-state index contributed by atoms with van der Waals surface area (Å²) in [7, 11) is 0. The van der Waals surface area contributed by atoms with Crippen LogP contribution in [0, 0.1) is 11.8 Å². The van der Waals surface area contributed by atoms with Crippen molar-refractivity contribution in [2.24, 2.45) is 17.6 Å². The molecule has 78 valence electrons. The third-order valence-corrected chi connectivity index (χ3v) is 2.91. The van der Waals surface area contributed by atoms with Crippen LogP contribution < -0.4 is 5.73 Å². The smallest absolute Gasteiger partial charge is 0.306 e. The maximum absolute atomic E-state index is 10.6. The zero-order chi connectivity index (χ0) is 9.14. The van der Waals surface area contributed by atoms with Crippen molar-refractivity contribution in [3.8, 4) is 0 Å². The van der Waals surface area contributed by atoms with Crippen molar-refractivity contribution in [3.05, 3.63) is 0 Å². The Hall–Kier alpha value is -0.280. The van der Waals surface area contributed by atoms with Crippen LogP contribution in [0.15, 0.2) is 0 Å². The molecule has 0 saturated heterocycles. The maximum atomic E-state index is 10.6. The van der Waals surface area contributed by atoms with Gasteiger partial charge in [0.2, 0.25) is 0 Å². The molecule has 1 unspecified atom stereocenters. The number of halogens is 1. The van der Waals surface area contributed by atoms with Gasteiger partial charge in [0.25, 0.3) is 0 Å². The van der Waals surface area contributed by atoms with Gasteiger partial charge in [0, 0.05) is 6.04 Å². The van der Waals surface area contributed by atoms with Gasteiger partial charge in [0.15, 0.2) is 0 Å². The molecular weight excluding hydrogens is 190 g/mol. The van der Waals surface area contributed by atoms with Gasteiger partial charge in [-0.05, 0) is 31.6 Å². The van der Waals surface area contributed by atoms with Gasteiger partial charge in [-0.1, -0.05) is 6.92 Å². The summed E-state index contributed by atoms with van der Waals surface area (Å²) in [6.07, 6.45) is 3.94. The van der Waals surface area contributed by atoms with Gasteiger partial charge in [0.05, 0.1) is 5.92 Å². The van der Waals surface area contributed by atoms with Gasteiger partial charge >= 0.3 is 5.97 Å². The van der Waals surface area contributed by atoms with Crippen LogP contribution in [-0.4, -0.2) is 17.1 Å². The van der Waals surface area contributed by atoms with Crippen LogP contribution >= 0.6 is 12.4 Å². The van der Waals surface area contributed by atoms with Crippen LogP contribution in [-0.2, 0) is 4.79 Å². The van der Waals surface area contributed by atoms with Gasteiger partial charge in [-0.3, -0.25) is 4.79 Å². The minimum Gasteiger partial charge on any atom is -0.481 e. The molecule has 0 heterocycles. The minimum atomic E-state index is -0.671. The Bertz CT molecular complexity index is 167. The summed E-state index contributed by atoms with van der Waals surface area (Å²) in [6.45, 7) is 1.80. The Morgan fingerprint density at radius 2 is 1.85 bits per heavy atom. The summed E-state index contributed by atoms with van der Waals surface area (Å²) in [5.74, 6) is -0.518. The summed E-state index contributed by atoms with van der Waals surface area (Å²) in [5.41, 5.74) is 5.73. The number of aliphatic carboxylic acids is 1. The van der Waals surface area contributed by atoms with Crippen LogP contribution in [0.4, 0.5) is 0 Å². The number of rotatable bonds is 2. The average molecular weight is 208 g/mol. The van der Waals surface area contributed by atoms with Gasteiger partial charge in [-0.25, -0.2) is 0 Å². The van der Waals surface area contributed by atoms with Crippen molar-refractivity contribution in [1.29, 1.82) is 0 Å². The number of hydrogen-bond acceptors (Lipinski definition) is 2. The van der Waals surface area contributed by atoms with E-state index in [1.807, 2.05) is 0 Å². The van der Waals surface area contributed by atoms with Gasteiger partial charge < -0.3 is 10.8 Å². The molecule has 1 aliphatic rings. The normalized spacial score (nSPS) is 30.3. The summed E-state index contributed by atoms with van der Waals surface area (Å²) in [6, 6.07) is 0.308. The number of hydrogen-bond donors (Lipinski definition) is 2. The fourth-order valence-corrected chi connectivity index (χ4v) is 1.85. The lowest BCUT2D eigenvalue weighted by Crippen LogP contribution is -2.31. The number of carbonyl (C=O) groups is 1. The van der Waals surface area contributed by atoms with Crippen LogP contribution in [0.5, 0.6) is 0 Å². The molecule has 3 N–H and O–H groups in total. The SMILES string of the molecule is CC(C(=O)O)[C@H]1CC[C@H](N)CC1.Cl. The molecule has 1 fully saturated rings. The van der Waals surface area contributed by atoms with E-state index < -0.39 is 5.97 Å². The van der Waals surface area contributed by atoms with E-state index in [4.69, 9.17) is 10.8 Å². The zero-order valence-corrected chi connectivity index (χ0v) is 8.72. The molecule has 1 aliphatic carbocycles. The monoisotopic (exact) mass is 207 g/mol. The first-order valence-electron chi connectivity index (χ1n) is 4.59. The highest BCUT2D eigenvalue weighted by molar-refractivity contribution is 5.85. The van der Waals surface area contributed by atoms with Crippen LogP contribution in [0.1, 0.15) is 32.6 Å². The van der Waals surface area contributed by atoms with Gasteiger partial charge in [-0.15, -0.1) is 12.4 Å². The lowest BCUT2D eigenvalue weighted by atomic mass is 9.79. The number of carboxylic acid groups (broad SMARTS) is 1. The van der Waals surface area contributed by atoms with E-state index in [9.17, 15) is 4.79 Å². The Morgan fingerprint density at radius 1 is 1.38 bits per heavy atom. The lowest BCUT2D eigenvalue weighted by molar-refractivity contribution is -0.143. The molecule has 4 heteroatoms. The fourth-order valence-electron chi connectivity index (χ4n) is 1.85. The summed E-state index contributed by atoms with van der Waals surface area (Å²) >= 11 is 0. The highest BCUT2D eigenvalue weighted by Gasteiger charge is 2.27. The van der Waals surface area contributed by atoms with Crippen LogP contribution in [0.2, 0.25) is 0 Å². The van der Waals surface area contributed by atoms with E-state index in [2.05, 4.69) is 0 Å². The Balaban J connectivity index is 0.00000144. The minimum absolute atomic E-state index is 0. The second-order valence-electron chi connectivity index (χ2n) is 3.80. The molecule has 1 atom stereocenters. The molecule has 0 radical (unpaired) electrons. The van der Waals surface area contributed by atoms with E-state index in [0.717, 1.165) is 25.7 Å². The number of carboxylic acids is 1. The van der Waals surface area contributed by atoms with Gasteiger partial charge in [0.1, 0.15) is 0 Å². The molecule has 13 heavy (non-hydrogen) atoms. The van der Waals surface area contributed by atoms with E-state index >= 15 is 0 Å². The first kappa shape index (κ1) is 12.7. The van der Waals surface area contributed by atoms with Crippen molar-refractivity contribution in [2.45, 2.75) is 38.6 Å². The zero-order valence-electron chi connectivity index (χ0n) is 7.90. The quantitative estimate of drug-likeness (QED) is 0.724. The van der Waals surface area contributed by atoms with E-state index in [0.29, 0.717) is 12.0 Å². The predicted molar refractivity (Wildman–Crippen MR) is 54.0 cm³/mol. The largest absolute Gasteiger partial charge is 0.481 e. The Labute approximate surface area is 85.1 Å². The highest BCUT2D eigenvalue weighted by atomic mass is 35.5. The maximum Gasteiger partial charge on any atom is 0.306 e. The van der Waals surface area contributed by atoms with E-state index in [1.165, 1.54) is 0 Å². The second-order valence-corrected chi connectivity index (χ2v) is 3.80. The van der Waals surface area contributed by atoms with Crippen molar-refractivity contribution in [2.75, 3.05) is 0 Å². The summed E-state index contributed by atoms with van der Waals surface area (Å²) in [5, 5.41) is 8.77. The van der Waals surface area contributed by atoms with Crippen LogP contribution in [0.25, 0.3) is 0 Å². The molecular formula is C9H18ClNO2. The standard InChI is InChI=1S/C9H17NO2.ClH/c1-6(9(11)12)7-2-4-8(10)5-3-7;/h6-8H,2-5,10H2,1H3,(H,11,12);1H/t6?,7-,8-;. The van der Waals surface area contributed by atoms with Crippen LogP contribution in [0.3, 0.4) is 0 Å². The highest BCUT2D eigenvalue weighted by Crippen LogP contribution is 2.29. The third-order valence-electron chi connectivity index (χ3n) is 2.91. The Morgan fingerprint density at radius 3 is 2.23 bits per heavy atom. The van der Waals surface area contributed by atoms with Gasteiger partial charge in [-0.2, -0.15) is 0 Å². The molecule has 0 bridgehead atoms. The summed E-state index contributed by atoms with van der Waals surface area (Å²) in [4.78, 5) is 10.6. The molecule has 0 amide bonds. The number of nitrogens with two attached hydrogens (primary N) is 1. The molecule has 0 aromatic carbocycles. The molecule has 0 spiro atoms. The average Bonchev–Trinajstić information content (AvgIpc) is 2.04. The van der Waals surface area contributed by atoms with Crippen molar-refractivity contribution in [1.82, 2.24) is 0 Å². The topological polar surface area (TPSA) is 63.3 Å². The van der Waals surface area contributed by atoms with E-state index in [-0.39, 0.29) is 18.3 Å². The van der Waals surface area contributed by atoms with E-state index in [1.54, 1.807) is 6.92 Å². The molecule has 0 aromatic heterocycles. The molecule has 0 aliphatic heterocycles. The lowest BCUT2D eigenvalue weighted by Gasteiger charge is -2.28.